The van der Waals surface area contributed by atoms with Crippen molar-refractivity contribution in [3.05, 3.63) is 0 Å². The molecule has 0 spiro atoms. The molecule has 0 bridgehead atoms. The van der Waals surface area contributed by atoms with Crippen LogP contribution in [-0.2, 0) is 19.1 Å². The lowest BCUT2D eigenvalue weighted by molar-refractivity contribution is -0.180. The highest BCUT2D eigenvalue weighted by atomic mass is 16.6. The van der Waals surface area contributed by atoms with E-state index in [0.717, 1.165) is 0 Å². The molecule has 20 heavy (non-hydrogen) atoms. The highest BCUT2D eigenvalue weighted by Crippen LogP contribution is 2.12. The Morgan fingerprint density at radius 2 is 1.55 bits per heavy atom. The van der Waals surface area contributed by atoms with Gasteiger partial charge in [-0.3, -0.25) is 9.59 Å². The van der Waals surface area contributed by atoms with E-state index in [-0.39, 0.29) is 12.8 Å². The topological polar surface area (TPSA) is 134 Å². The number of carbonyl (C=O) groups excluding carboxylic acids is 2. The van der Waals surface area contributed by atoms with Crippen molar-refractivity contribution in [1.29, 1.82) is 0 Å². The molecule has 8 heteroatoms. The van der Waals surface area contributed by atoms with Gasteiger partial charge in [-0.05, 0) is 0 Å². The molecule has 0 heterocycles. The molecule has 4 atom stereocenters. The molecule has 0 radical (unpaired) electrons. The van der Waals surface area contributed by atoms with E-state index in [0.29, 0.717) is 0 Å². The fourth-order valence-corrected chi connectivity index (χ4v) is 1.31. The van der Waals surface area contributed by atoms with Gasteiger partial charge in [-0.1, -0.05) is 13.8 Å². The summed E-state index contributed by atoms with van der Waals surface area (Å²) >= 11 is 0. The molecule has 0 amide bonds. The number of ether oxygens (including phenoxy) is 2. The van der Waals surface area contributed by atoms with E-state index in [2.05, 4.69) is 4.74 Å². The predicted octanol–water partition coefficient (Wildman–Crippen LogP) is -1.66. The second kappa shape index (κ2) is 9.65. The van der Waals surface area contributed by atoms with Gasteiger partial charge in [0.2, 0.25) is 0 Å². The van der Waals surface area contributed by atoms with E-state index >= 15 is 0 Å². The van der Waals surface area contributed by atoms with Crippen molar-refractivity contribution in [2.24, 2.45) is 0 Å². The largest absolute Gasteiger partial charge is 0.463 e. The lowest BCUT2D eigenvalue weighted by Crippen LogP contribution is -2.49. The molecule has 0 aliphatic heterocycles. The first-order valence-electron chi connectivity index (χ1n) is 6.37. The van der Waals surface area contributed by atoms with E-state index in [9.17, 15) is 24.9 Å². The Labute approximate surface area is 116 Å². The number of hydrogen-bond donors (Lipinski definition) is 4. The number of aliphatic hydroxyl groups is 4. The zero-order valence-electron chi connectivity index (χ0n) is 11.6. The predicted molar refractivity (Wildman–Crippen MR) is 66.5 cm³/mol. The Balaban J connectivity index is 4.72. The lowest BCUT2D eigenvalue weighted by atomic mass is 10.0. The van der Waals surface area contributed by atoms with Crippen molar-refractivity contribution >= 4 is 11.9 Å². The van der Waals surface area contributed by atoms with Crippen LogP contribution in [0.1, 0.15) is 26.7 Å². The van der Waals surface area contributed by atoms with Crippen molar-refractivity contribution in [3.8, 4) is 0 Å². The van der Waals surface area contributed by atoms with Crippen molar-refractivity contribution in [2.75, 3.05) is 13.2 Å². The Hall–Kier alpha value is -1.22. The molecular formula is C12H22O8. The van der Waals surface area contributed by atoms with E-state index < -0.39 is 49.6 Å². The maximum Gasteiger partial charge on any atom is 0.305 e. The van der Waals surface area contributed by atoms with E-state index in [1.165, 1.54) is 6.92 Å². The average molecular weight is 294 g/mol. The number of carbonyl (C=O) groups is 2. The smallest absolute Gasteiger partial charge is 0.305 e. The molecule has 0 unspecified atom stereocenters. The minimum Gasteiger partial charge on any atom is -0.463 e. The van der Waals surface area contributed by atoms with Crippen LogP contribution in [0.4, 0.5) is 0 Å². The SMILES string of the molecule is CCC(=O)OC[C@H](O)[C@@H](OC(=O)CC)[C@H](O)[C@H](O)CO. The van der Waals surface area contributed by atoms with Crippen LogP contribution in [0.15, 0.2) is 0 Å². The Kier molecular flexibility index (Phi) is 9.06. The quantitative estimate of drug-likeness (QED) is 0.371. The fourth-order valence-electron chi connectivity index (χ4n) is 1.31. The van der Waals surface area contributed by atoms with E-state index in [1.807, 2.05) is 0 Å². The maximum absolute atomic E-state index is 11.2. The molecule has 0 fully saturated rings. The van der Waals surface area contributed by atoms with Crippen LogP contribution in [0, 0.1) is 0 Å². The summed E-state index contributed by atoms with van der Waals surface area (Å²) in [6.07, 6.45) is -6.22. The minimum atomic E-state index is -1.70. The molecule has 0 saturated heterocycles. The summed E-state index contributed by atoms with van der Waals surface area (Å²) in [5.41, 5.74) is 0. The van der Waals surface area contributed by atoms with Gasteiger partial charge in [-0.25, -0.2) is 0 Å². The second-order valence-electron chi connectivity index (χ2n) is 4.15. The van der Waals surface area contributed by atoms with Gasteiger partial charge in [0.05, 0.1) is 6.61 Å². The van der Waals surface area contributed by atoms with E-state index in [1.54, 1.807) is 6.92 Å². The zero-order valence-corrected chi connectivity index (χ0v) is 11.6. The van der Waals surface area contributed by atoms with Crippen LogP contribution in [-0.4, -0.2) is 70.0 Å². The normalized spacial score (nSPS) is 16.9. The first-order valence-corrected chi connectivity index (χ1v) is 6.37. The molecule has 0 aliphatic carbocycles. The molecule has 0 aromatic carbocycles. The first kappa shape index (κ1) is 18.8. The minimum absolute atomic E-state index is 0.0000913. The molecule has 4 N–H and O–H groups in total. The summed E-state index contributed by atoms with van der Waals surface area (Å²) in [5, 5.41) is 37.6. The van der Waals surface area contributed by atoms with Gasteiger partial charge in [0.15, 0.2) is 6.10 Å². The van der Waals surface area contributed by atoms with Gasteiger partial charge in [0.1, 0.15) is 24.9 Å². The zero-order chi connectivity index (χ0) is 15.7. The summed E-state index contributed by atoms with van der Waals surface area (Å²) < 4.78 is 9.49. The first-order chi connectivity index (χ1) is 9.37. The third-order valence-electron chi connectivity index (χ3n) is 2.56. The Morgan fingerprint density at radius 3 is 2.00 bits per heavy atom. The van der Waals surface area contributed by atoms with Crippen molar-refractivity contribution in [2.45, 2.75) is 51.1 Å². The second-order valence-corrected chi connectivity index (χ2v) is 4.15. The van der Waals surface area contributed by atoms with Gasteiger partial charge in [-0.2, -0.15) is 0 Å². The van der Waals surface area contributed by atoms with Crippen LogP contribution in [0.5, 0.6) is 0 Å². The third kappa shape index (κ3) is 6.29. The molecular weight excluding hydrogens is 272 g/mol. The number of aliphatic hydroxyl groups excluding tert-OH is 4. The summed E-state index contributed by atoms with van der Waals surface area (Å²) in [6.45, 7) is 1.80. The summed E-state index contributed by atoms with van der Waals surface area (Å²) in [6, 6.07) is 0. The Morgan fingerprint density at radius 1 is 1.00 bits per heavy atom. The highest BCUT2D eigenvalue weighted by Gasteiger charge is 2.35. The van der Waals surface area contributed by atoms with Crippen LogP contribution in [0.3, 0.4) is 0 Å². The van der Waals surface area contributed by atoms with Crippen LogP contribution in [0.25, 0.3) is 0 Å². The molecule has 0 aliphatic rings. The molecule has 8 nitrogen and oxygen atoms in total. The number of rotatable bonds is 9. The van der Waals surface area contributed by atoms with Gasteiger partial charge in [0.25, 0.3) is 0 Å². The van der Waals surface area contributed by atoms with Crippen molar-refractivity contribution < 1.29 is 39.5 Å². The van der Waals surface area contributed by atoms with Gasteiger partial charge in [0, 0.05) is 12.8 Å². The Bertz CT molecular complexity index is 306. The number of hydrogen-bond acceptors (Lipinski definition) is 8. The summed E-state index contributed by atoms with van der Waals surface area (Å²) in [7, 11) is 0. The summed E-state index contributed by atoms with van der Waals surface area (Å²) in [5.74, 6) is -1.28. The average Bonchev–Trinajstić information content (AvgIpc) is 2.47. The van der Waals surface area contributed by atoms with Gasteiger partial charge in [-0.15, -0.1) is 0 Å². The van der Waals surface area contributed by atoms with Crippen molar-refractivity contribution in [1.82, 2.24) is 0 Å². The molecule has 118 valence electrons. The van der Waals surface area contributed by atoms with Gasteiger partial charge < -0.3 is 29.9 Å². The molecule has 0 saturated carbocycles. The molecule has 0 aromatic rings. The third-order valence-corrected chi connectivity index (χ3v) is 2.56. The summed E-state index contributed by atoms with van der Waals surface area (Å²) in [4.78, 5) is 22.2. The van der Waals surface area contributed by atoms with E-state index in [4.69, 9.17) is 9.84 Å². The van der Waals surface area contributed by atoms with Crippen LogP contribution < -0.4 is 0 Å². The van der Waals surface area contributed by atoms with Gasteiger partial charge >= 0.3 is 11.9 Å². The molecule has 0 rings (SSSR count). The monoisotopic (exact) mass is 294 g/mol. The number of esters is 2. The lowest BCUT2D eigenvalue weighted by Gasteiger charge is -2.29. The van der Waals surface area contributed by atoms with Crippen LogP contribution >= 0.6 is 0 Å². The van der Waals surface area contributed by atoms with Crippen molar-refractivity contribution in [3.63, 3.8) is 0 Å². The maximum atomic E-state index is 11.2. The molecule has 0 aromatic heterocycles. The van der Waals surface area contributed by atoms with Crippen LogP contribution in [0.2, 0.25) is 0 Å². The highest BCUT2D eigenvalue weighted by molar-refractivity contribution is 5.69. The standard InChI is InChI=1S/C12H22O8/c1-3-9(16)19-6-8(15)12(20-10(17)4-2)11(18)7(14)5-13/h7-8,11-15,18H,3-6H2,1-2H3/t7-,8+,11-,12-/m1/s1. The fraction of sp³-hybridized carbons (Fsp3) is 0.833.